The fraction of sp³-hybridized carbons (Fsp3) is 0.333. The molecule has 0 bridgehead atoms. The third-order valence-electron chi connectivity index (χ3n) is 3.56. The zero-order chi connectivity index (χ0) is 18.1. The lowest BCUT2D eigenvalue weighted by atomic mass is 10.1. The van der Waals surface area contributed by atoms with Crippen molar-refractivity contribution in [3.63, 3.8) is 0 Å². The first kappa shape index (κ1) is 17.8. The summed E-state index contributed by atoms with van der Waals surface area (Å²) in [4.78, 5) is 0. The van der Waals surface area contributed by atoms with Crippen molar-refractivity contribution in [3.05, 3.63) is 18.2 Å². The summed E-state index contributed by atoms with van der Waals surface area (Å²) in [6, 6.07) is 4.78. The number of hydrogen-bond donors (Lipinski definition) is 2. The Morgan fingerprint density at radius 1 is 1.17 bits per heavy atom. The van der Waals surface area contributed by atoms with Gasteiger partial charge in [-0.25, -0.2) is 12.7 Å². The number of anilines is 1. The average molecular weight is 357 g/mol. The minimum atomic E-state index is -3.68. The van der Waals surface area contributed by atoms with Crippen LogP contribution in [0.15, 0.2) is 22.6 Å². The lowest BCUT2D eigenvalue weighted by molar-refractivity contribution is 0.400. The molecule has 24 heavy (non-hydrogen) atoms. The van der Waals surface area contributed by atoms with Crippen LogP contribution in [0.25, 0.3) is 11.3 Å². The van der Waals surface area contributed by atoms with Gasteiger partial charge in [0.15, 0.2) is 5.76 Å². The van der Waals surface area contributed by atoms with Gasteiger partial charge in [0.25, 0.3) is 5.88 Å². The molecule has 0 aliphatic rings. The molecule has 0 amide bonds. The van der Waals surface area contributed by atoms with Gasteiger partial charge >= 0.3 is 0 Å². The van der Waals surface area contributed by atoms with Crippen molar-refractivity contribution >= 4 is 15.9 Å². The maximum Gasteiger partial charge on any atom is 0.256 e. The molecule has 0 unspecified atom stereocenters. The number of methoxy groups -OCH3 is 2. The lowest BCUT2D eigenvalue weighted by Crippen LogP contribution is -2.27. The number of benzene rings is 1. The zero-order valence-electron chi connectivity index (χ0n) is 13.7. The first-order valence-electron chi connectivity index (χ1n) is 7.00. The third-order valence-corrected chi connectivity index (χ3v) is 5.29. The third kappa shape index (κ3) is 2.94. The Morgan fingerprint density at radius 2 is 1.83 bits per heavy atom. The minimum absolute atomic E-state index is 0.128. The van der Waals surface area contributed by atoms with Crippen LogP contribution in [0, 0.1) is 0 Å². The largest absolute Gasteiger partial charge is 0.502 e. The zero-order valence-corrected chi connectivity index (χ0v) is 14.5. The molecule has 8 nitrogen and oxygen atoms in total. The SMILES string of the molecule is CCS(=O)(=O)N(C)c1oc(-c2cc(OC)ccc2OC)c(O)c1O. The highest BCUT2D eigenvalue weighted by Gasteiger charge is 2.29. The van der Waals surface area contributed by atoms with Gasteiger partial charge in [-0.2, -0.15) is 0 Å². The highest BCUT2D eigenvalue weighted by atomic mass is 32.2. The van der Waals surface area contributed by atoms with Crippen molar-refractivity contribution in [1.29, 1.82) is 0 Å². The molecule has 0 saturated carbocycles. The molecule has 0 spiro atoms. The van der Waals surface area contributed by atoms with E-state index in [0.717, 1.165) is 4.31 Å². The molecule has 2 N–H and O–H groups in total. The highest BCUT2D eigenvalue weighted by molar-refractivity contribution is 7.92. The Labute approximate surface area is 139 Å². The van der Waals surface area contributed by atoms with Crippen LogP contribution >= 0.6 is 0 Å². The van der Waals surface area contributed by atoms with Crippen molar-refractivity contribution in [1.82, 2.24) is 0 Å². The molecular formula is C15H19NO7S. The van der Waals surface area contributed by atoms with E-state index in [2.05, 4.69) is 0 Å². The molecule has 1 heterocycles. The van der Waals surface area contributed by atoms with Crippen LogP contribution in [0.5, 0.6) is 23.0 Å². The van der Waals surface area contributed by atoms with Crippen LogP contribution in [0.1, 0.15) is 6.92 Å². The summed E-state index contributed by atoms with van der Waals surface area (Å²) in [5, 5.41) is 20.3. The first-order chi connectivity index (χ1) is 11.3. The summed E-state index contributed by atoms with van der Waals surface area (Å²) >= 11 is 0. The van der Waals surface area contributed by atoms with E-state index in [9.17, 15) is 18.6 Å². The van der Waals surface area contributed by atoms with Crippen LogP contribution in [-0.4, -0.2) is 45.7 Å². The van der Waals surface area contributed by atoms with Gasteiger partial charge in [0.05, 0.1) is 25.5 Å². The van der Waals surface area contributed by atoms with Gasteiger partial charge in [0.2, 0.25) is 21.5 Å². The summed E-state index contributed by atoms with van der Waals surface area (Å²) in [6.45, 7) is 1.46. The minimum Gasteiger partial charge on any atom is -0.502 e. The van der Waals surface area contributed by atoms with Crippen LogP contribution in [0.4, 0.5) is 5.88 Å². The molecule has 1 aromatic carbocycles. The van der Waals surface area contributed by atoms with E-state index in [1.165, 1.54) is 34.3 Å². The van der Waals surface area contributed by atoms with Crippen LogP contribution in [0.3, 0.4) is 0 Å². The molecule has 2 aromatic rings. The number of aromatic hydroxyl groups is 2. The lowest BCUT2D eigenvalue weighted by Gasteiger charge is -2.15. The van der Waals surface area contributed by atoms with Crippen LogP contribution < -0.4 is 13.8 Å². The number of nitrogens with zero attached hydrogens (tertiary/aromatic N) is 1. The van der Waals surface area contributed by atoms with E-state index in [0.29, 0.717) is 17.1 Å². The smallest absolute Gasteiger partial charge is 0.256 e. The van der Waals surface area contributed by atoms with Crippen molar-refractivity contribution in [2.75, 3.05) is 31.3 Å². The van der Waals surface area contributed by atoms with Crippen molar-refractivity contribution in [2.24, 2.45) is 0 Å². The standard InChI is InChI=1S/C15H19NO7S/c1-5-24(19,20)16(2)15-13(18)12(17)14(23-15)10-8-9(21-3)6-7-11(10)22-4/h6-8,17-18H,5H2,1-4H3. The molecule has 2 rings (SSSR count). The van der Waals surface area contributed by atoms with Crippen molar-refractivity contribution in [3.8, 4) is 34.3 Å². The predicted molar refractivity (Wildman–Crippen MR) is 88.4 cm³/mol. The molecule has 1 aromatic heterocycles. The number of sulfonamides is 1. The normalized spacial score (nSPS) is 11.3. The van der Waals surface area contributed by atoms with Gasteiger partial charge in [-0.1, -0.05) is 0 Å². The number of rotatable bonds is 6. The molecule has 0 saturated heterocycles. The summed E-state index contributed by atoms with van der Waals surface area (Å²) < 4.78 is 40.5. The van der Waals surface area contributed by atoms with Crippen LogP contribution in [0.2, 0.25) is 0 Å². The van der Waals surface area contributed by atoms with E-state index < -0.39 is 21.5 Å². The second-order valence-electron chi connectivity index (χ2n) is 4.87. The Morgan fingerprint density at radius 3 is 2.38 bits per heavy atom. The summed E-state index contributed by atoms with van der Waals surface area (Å²) in [6.07, 6.45) is 0. The van der Waals surface area contributed by atoms with E-state index in [4.69, 9.17) is 13.9 Å². The highest BCUT2D eigenvalue weighted by Crippen LogP contribution is 2.49. The summed E-state index contributed by atoms with van der Waals surface area (Å²) in [7, 11) is 0.451. The predicted octanol–water partition coefficient (Wildman–Crippen LogP) is 2.16. The summed E-state index contributed by atoms with van der Waals surface area (Å²) in [5.41, 5.74) is 0.304. The molecule has 0 aliphatic heterocycles. The molecule has 0 fully saturated rings. The van der Waals surface area contributed by atoms with Gasteiger partial charge in [-0.3, -0.25) is 0 Å². The van der Waals surface area contributed by atoms with Gasteiger partial charge < -0.3 is 24.1 Å². The quantitative estimate of drug-likeness (QED) is 0.815. The van der Waals surface area contributed by atoms with Gasteiger partial charge in [0.1, 0.15) is 11.5 Å². The van der Waals surface area contributed by atoms with Gasteiger partial charge in [-0.15, -0.1) is 0 Å². The van der Waals surface area contributed by atoms with E-state index in [1.54, 1.807) is 12.1 Å². The monoisotopic (exact) mass is 357 g/mol. The molecule has 0 atom stereocenters. The fourth-order valence-corrected chi connectivity index (χ4v) is 2.87. The van der Waals surface area contributed by atoms with Crippen LogP contribution in [-0.2, 0) is 10.0 Å². The molecular weight excluding hydrogens is 338 g/mol. The second-order valence-corrected chi connectivity index (χ2v) is 7.16. The topological polar surface area (TPSA) is 109 Å². The van der Waals surface area contributed by atoms with E-state index in [1.807, 2.05) is 0 Å². The van der Waals surface area contributed by atoms with E-state index >= 15 is 0 Å². The molecule has 9 heteroatoms. The first-order valence-corrected chi connectivity index (χ1v) is 8.61. The summed E-state index contributed by atoms with van der Waals surface area (Å²) in [5.74, 6) is -1.14. The molecule has 0 radical (unpaired) electrons. The molecule has 0 aliphatic carbocycles. The fourth-order valence-electron chi connectivity index (χ4n) is 2.11. The molecule has 132 valence electrons. The maximum atomic E-state index is 12.0. The maximum absolute atomic E-state index is 12.0. The van der Waals surface area contributed by atoms with Gasteiger partial charge in [-0.05, 0) is 25.1 Å². The number of ether oxygens (including phenoxy) is 2. The second kappa shape index (κ2) is 6.52. The Kier molecular flexibility index (Phi) is 4.83. The Hall–Kier alpha value is -2.55. The van der Waals surface area contributed by atoms with E-state index in [-0.39, 0.29) is 17.4 Å². The van der Waals surface area contributed by atoms with Crippen molar-refractivity contribution < 1.29 is 32.5 Å². The number of furan rings is 1. The Bertz CT molecular complexity index is 842. The van der Waals surface area contributed by atoms with Gasteiger partial charge in [0, 0.05) is 7.05 Å². The Balaban J connectivity index is 2.64. The number of hydrogen-bond acceptors (Lipinski definition) is 7. The van der Waals surface area contributed by atoms with Crippen molar-refractivity contribution in [2.45, 2.75) is 6.92 Å². The average Bonchev–Trinajstić information content (AvgIpc) is 2.88.